The van der Waals surface area contributed by atoms with Crippen molar-refractivity contribution in [3.8, 4) is 0 Å². The lowest BCUT2D eigenvalue weighted by atomic mass is 9.99. The summed E-state index contributed by atoms with van der Waals surface area (Å²) in [7, 11) is -2.92. The number of rotatable bonds is 9. The lowest BCUT2D eigenvalue weighted by Gasteiger charge is -2.26. The molecule has 0 heterocycles. The molecule has 7 heteroatoms. The molecule has 0 radical (unpaired) electrons. The second kappa shape index (κ2) is 6.25. The van der Waals surface area contributed by atoms with Gasteiger partial charge in [-0.2, -0.15) is 11.8 Å². The van der Waals surface area contributed by atoms with E-state index in [9.17, 15) is 18.3 Å². The largest absolute Gasteiger partial charge is 0.480 e. The molecular formula is C11H21NO4S2. The first-order chi connectivity index (χ1) is 8.23. The first-order valence-corrected chi connectivity index (χ1v) is 9.21. The Balaban J connectivity index is 2.27. The Morgan fingerprint density at radius 3 is 2.50 bits per heavy atom. The Morgan fingerprint density at radius 2 is 2.06 bits per heavy atom. The predicted molar refractivity (Wildman–Crippen MR) is 73.9 cm³/mol. The number of thioether (sulfide) groups is 1. The molecule has 0 bridgehead atoms. The highest BCUT2D eigenvalue weighted by molar-refractivity contribution is 8.00. The van der Waals surface area contributed by atoms with Gasteiger partial charge in [0.1, 0.15) is 15.4 Å². The maximum absolute atomic E-state index is 11.2. The summed E-state index contributed by atoms with van der Waals surface area (Å²) in [5, 5.41) is 12.4. The number of aliphatic carboxylic acids is 1. The molecule has 0 amide bonds. The van der Waals surface area contributed by atoms with Crippen molar-refractivity contribution in [3.63, 3.8) is 0 Å². The SMILES string of the molecule is CC(CCSCCS(C)(=O)=O)(NC1CC1)C(=O)O. The van der Waals surface area contributed by atoms with E-state index in [2.05, 4.69) is 5.32 Å². The van der Waals surface area contributed by atoms with Crippen LogP contribution in [-0.4, -0.2) is 54.6 Å². The van der Waals surface area contributed by atoms with E-state index in [4.69, 9.17) is 0 Å². The molecule has 0 aromatic rings. The summed E-state index contributed by atoms with van der Waals surface area (Å²) in [6.07, 6.45) is 3.81. The van der Waals surface area contributed by atoms with Gasteiger partial charge in [-0.25, -0.2) is 8.42 Å². The van der Waals surface area contributed by atoms with Gasteiger partial charge in [-0.15, -0.1) is 0 Å². The van der Waals surface area contributed by atoms with E-state index in [1.54, 1.807) is 6.92 Å². The molecule has 18 heavy (non-hydrogen) atoms. The van der Waals surface area contributed by atoms with Crippen LogP contribution in [0.5, 0.6) is 0 Å². The maximum Gasteiger partial charge on any atom is 0.323 e. The Kier molecular flexibility index (Phi) is 5.48. The highest BCUT2D eigenvalue weighted by Crippen LogP contribution is 2.25. The Hall–Kier alpha value is -0.270. The zero-order valence-electron chi connectivity index (χ0n) is 10.8. The highest BCUT2D eigenvalue weighted by Gasteiger charge is 2.37. The molecule has 5 nitrogen and oxygen atoms in total. The standard InChI is InChI=1S/C11H21NO4S2/c1-11(10(13)14,12-9-3-4-9)5-6-17-7-8-18(2,15)16/h9,12H,3-8H2,1-2H3,(H,13,14). The zero-order chi connectivity index (χ0) is 13.8. The summed E-state index contributed by atoms with van der Waals surface area (Å²) in [4.78, 5) is 11.2. The Labute approximate surface area is 113 Å². The summed E-state index contributed by atoms with van der Waals surface area (Å²) >= 11 is 1.49. The van der Waals surface area contributed by atoms with E-state index in [-0.39, 0.29) is 5.75 Å². The molecule has 1 rings (SSSR count). The first kappa shape index (κ1) is 15.8. The predicted octanol–water partition coefficient (Wildman–Crippen LogP) is 0.750. The second-order valence-corrected chi connectivity index (χ2v) is 8.53. The van der Waals surface area contributed by atoms with E-state index in [0.717, 1.165) is 12.8 Å². The van der Waals surface area contributed by atoms with Crippen LogP contribution in [0.2, 0.25) is 0 Å². The lowest BCUT2D eigenvalue weighted by molar-refractivity contribution is -0.144. The van der Waals surface area contributed by atoms with Gasteiger partial charge in [0.15, 0.2) is 0 Å². The fourth-order valence-electron chi connectivity index (χ4n) is 1.51. The third-order valence-electron chi connectivity index (χ3n) is 2.92. The van der Waals surface area contributed by atoms with Crippen molar-refractivity contribution in [2.45, 2.75) is 37.8 Å². The van der Waals surface area contributed by atoms with Crippen LogP contribution in [0.1, 0.15) is 26.2 Å². The van der Waals surface area contributed by atoms with Crippen LogP contribution >= 0.6 is 11.8 Å². The number of carboxylic acids is 1. The van der Waals surface area contributed by atoms with Crippen LogP contribution in [0.4, 0.5) is 0 Å². The van der Waals surface area contributed by atoms with Crippen molar-refractivity contribution in [2.75, 3.05) is 23.5 Å². The van der Waals surface area contributed by atoms with E-state index >= 15 is 0 Å². The van der Waals surface area contributed by atoms with Crippen LogP contribution in [0.25, 0.3) is 0 Å². The summed E-state index contributed by atoms with van der Waals surface area (Å²) in [5.41, 5.74) is -0.890. The molecule has 1 aliphatic rings. The molecule has 0 saturated heterocycles. The van der Waals surface area contributed by atoms with Crippen molar-refractivity contribution >= 4 is 27.6 Å². The molecule has 1 saturated carbocycles. The lowest BCUT2D eigenvalue weighted by Crippen LogP contribution is -2.51. The average molecular weight is 295 g/mol. The van der Waals surface area contributed by atoms with Gasteiger partial charge in [-0.05, 0) is 31.9 Å². The number of hydrogen-bond donors (Lipinski definition) is 2. The summed E-state index contributed by atoms with van der Waals surface area (Å²) in [5.74, 6) is 0.492. The minimum Gasteiger partial charge on any atom is -0.480 e. The van der Waals surface area contributed by atoms with E-state index < -0.39 is 21.3 Å². The molecular weight excluding hydrogens is 274 g/mol. The molecule has 0 spiro atoms. The normalized spacial score (nSPS) is 19.4. The van der Waals surface area contributed by atoms with Gasteiger partial charge in [0.25, 0.3) is 0 Å². The smallest absolute Gasteiger partial charge is 0.323 e. The third-order valence-corrected chi connectivity index (χ3v) is 5.11. The highest BCUT2D eigenvalue weighted by atomic mass is 32.2. The van der Waals surface area contributed by atoms with Gasteiger partial charge in [0.2, 0.25) is 0 Å². The molecule has 1 unspecified atom stereocenters. The van der Waals surface area contributed by atoms with Crippen LogP contribution in [0.15, 0.2) is 0 Å². The zero-order valence-corrected chi connectivity index (χ0v) is 12.4. The number of hydrogen-bond acceptors (Lipinski definition) is 5. The van der Waals surface area contributed by atoms with Crippen molar-refractivity contribution < 1.29 is 18.3 Å². The van der Waals surface area contributed by atoms with Crippen LogP contribution in [-0.2, 0) is 14.6 Å². The monoisotopic (exact) mass is 295 g/mol. The van der Waals surface area contributed by atoms with Crippen molar-refractivity contribution in [1.29, 1.82) is 0 Å². The molecule has 1 fully saturated rings. The molecule has 0 aromatic heterocycles. The molecule has 106 valence electrons. The summed E-state index contributed by atoms with van der Waals surface area (Å²) in [6, 6.07) is 0.340. The van der Waals surface area contributed by atoms with Crippen LogP contribution < -0.4 is 5.32 Å². The first-order valence-electron chi connectivity index (χ1n) is 5.99. The quantitative estimate of drug-likeness (QED) is 0.611. The fourth-order valence-corrected chi connectivity index (χ4v) is 3.95. The van der Waals surface area contributed by atoms with Gasteiger partial charge in [0.05, 0.1) is 5.75 Å². The van der Waals surface area contributed by atoms with E-state index in [1.165, 1.54) is 18.0 Å². The molecule has 0 aromatic carbocycles. The average Bonchev–Trinajstić information content (AvgIpc) is 2.99. The van der Waals surface area contributed by atoms with Crippen molar-refractivity contribution in [2.24, 2.45) is 0 Å². The number of carboxylic acid groups (broad SMARTS) is 1. The van der Waals surface area contributed by atoms with Gasteiger partial charge in [-0.3, -0.25) is 10.1 Å². The topological polar surface area (TPSA) is 83.5 Å². The van der Waals surface area contributed by atoms with E-state index in [0.29, 0.717) is 24.0 Å². The molecule has 1 aliphatic carbocycles. The van der Waals surface area contributed by atoms with Crippen molar-refractivity contribution in [3.05, 3.63) is 0 Å². The molecule has 0 aliphatic heterocycles. The van der Waals surface area contributed by atoms with Crippen LogP contribution in [0, 0.1) is 0 Å². The number of nitrogens with one attached hydrogen (secondary N) is 1. The third kappa shape index (κ3) is 6.06. The van der Waals surface area contributed by atoms with Gasteiger partial charge in [-0.1, -0.05) is 0 Å². The number of sulfone groups is 1. The van der Waals surface area contributed by atoms with E-state index in [1.807, 2.05) is 0 Å². The van der Waals surface area contributed by atoms with Crippen LogP contribution in [0.3, 0.4) is 0 Å². The molecule has 2 N–H and O–H groups in total. The van der Waals surface area contributed by atoms with Gasteiger partial charge < -0.3 is 5.11 Å². The molecule has 1 atom stereocenters. The maximum atomic E-state index is 11.2. The minimum atomic E-state index is -2.92. The summed E-state index contributed by atoms with van der Waals surface area (Å²) < 4.78 is 21.9. The summed E-state index contributed by atoms with van der Waals surface area (Å²) in [6.45, 7) is 1.70. The Bertz CT molecular complexity index is 392. The second-order valence-electron chi connectivity index (χ2n) is 5.05. The number of carbonyl (C=O) groups is 1. The van der Waals surface area contributed by atoms with Crippen molar-refractivity contribution in [1.82, 2.24) is 5.32 Å². The van der Waals surface area contributed by atoms with Gasteiger partial charge >= 0.3 is 5.97 Å². The fraction of sp³-hybridized carbons (Fsp3) is 0.909. The van der Waals surface area contributed by atoms with Gasteiger partial charge in [0, 0.05) is 18.1 Å². The minimum absolute atomic E-state index is 0.150. The Morgan fingerprint density at radius 1 is 1.44 bits per heavy atom.